The molecule has 4 nitrogen and oxygen atoms in total. The maximum Gasteiger partial charge on any atom is 0.335 e. The quantitative estimate of drug-likeness (QED) is 0.636. The van der Waals surface area contributed by atoms with Crippen molar-refractivity contribution in [2.24, 2.45) is 0 Å². The average molecular weight is 388 g/mol. The summed E-state index contributed by atoms with van der Waals surface area (Å²) in [6.07, 6.45) is 3.79. The van der Waals surface area contributed by atoms with Crippen LogP contribution in [-0.2, 0) is 25.7 Å². The molecule has 0 radical (unpaired) electrons. The van der Waals surface area contributed by atoms with Crippen LogP contribution in [0.25, 0.3) is 0 Å². The zero-order valence-corrected chi connectivity index (χ0v) is 16.3. The summed E-state index contributed by atoms with van der Waals surface area (Å²) in [7, 11) is 0. The smallest absolute Gasteiger partial charge is 0.335 e. The Hall–Kier alpha value is -3.27. The van der Waals surface area contributed by atoms with Crippen LogP contribution >= 0.6 is 0 Å². The molecule has 1 heterocycles. The minimum Gasteiger partial charge on any atom is -0.486 e. The van der Waals surface area contributed by atoms with E-state index >= 15 is 0 Å². The van der Waals surface area contributed by atoms with Crippen LogP contribution in [0.4, 0.5) is 0 Å². The molecular weight excluding hydrogens is 364 g/mol. The van der Waals surface area contributed by atoms with E-state index in [1.54, 1.807) is 12.1 Å². The Morgan fingerprint density at radius 2 is 1.10 bits per heavy atom. The van der Waals surface area contributed by atoms with Crippen LogP contribution in [0.5, 0.6) is 11.5 Å². The molecule has 0 aromatic heterocycles. The number of aryl methyl sites for hydroxylation is 4. The van der Waals surface area contributed by atoms with Crippen LogP contribution in [0.1, 0.15) is 32.6 Å². The number of rotatable bonds is 7. The summed E-state index contributed by atoms with van der Waals surface area (Å²) in [4.78, 5) is 10.9. The van der Waals surface area contributed by atoms with E-state index in [4.69, 9.17) is 14.6 Å². The topological polar surface area (TPSA) is 55.8 Å². The molecule has 148 valence electrons. The lowest BCUT2D eigenvalue weighted by Gasteiger charge is -2.18. The van der Waals surface area contributed by atoms with Gasteiger partial charge in [-0.25, -0.2) is 4.79 Å². The molecule has 0 spiro atoms. The Kier molecular flexibility index (Phi) is 5.80. The monoisotopic (exact) mass is 388 g/mol. The fraction of sp³-hybridized carbons (Fsp3) is 0.240. The maximum absolute atomic E-state index is 10.9. The molecule has 0 amide bonds. The van der Waals surface area contributed by atoms with Gasteiger partial charge in [0.1, 0.15) is 13.2 Å². The van der Waals surface area contributed by atoms with E-state index in [1.807, 2.05) is 18.2 Å². The highest BCUT2D eigenvalue weighted by Crippen LogP contribution is 2.31. The molecular formula is C25H24O4. The van der Waals surface area contributed by atoms with Gasteiger partial charge in [0.25, 0.3) is 0 Å². The summed E-state index contributed by atoms with van der Waals surface area (Å²) in [6.45, 7) is 1.23. The Morgan fingerprint density at radius 3 is 1.66 bits per heavy atom. The highest BCUT2D eigenvalue weighted by Gasteiger charge is 2.11. The Bertz CT molecular complexity index is 975. The van der Waals surface area contributed by atoms with Gasteiger partial charge in [-0.05, 0) is 72.2 Å². The molecule has 0 atom stereocenters. The highest BCUT2D eigenvalue weighted by atomic mass is 16.6. The molecule has 0 fully saturated rings. The molecule has 1 aliphatic rings. The summed E-state index contributed by atoms with van der Waals surface area (Å²) >= 11 is 0. The molecule has 4 rings (SSSR count). The van der Waals surface area contributed by atoms with Crippen molar-refractivity contribution in [1.82, 2.24) is 0 Å². The molecule has 0 saturated carbocycles. The van der Waals surface area contributed by atoms with Gasteiger partial charge < -0.3 is 14.6 Å². The van der Waals surface area contributed by atoms with Crippen molar-refractivity contribution >= 4 is 5.97 Å². The predicted octanol–water partition coefficient (Wildman–Crippen LogP) is 4.73. The van der Waals surface area contributed by atoms with Gasteiger partial charge in [0.05, 0.1) is 5.56 Å². The van der Waals surface area contributed by atoms with Gasteiger partial charge in [0.2, 0.25) is 0 Å². The zero-order chi connectivity index (χ0) is 20.1. The number of hydrogen-bond donors (Lipinski definition) is 1. The van der Waals surface area contributed by atoms with Gasteiger partial charge in [-0.1, -0.05) is 42.5 Å². The van der Waals surface area contributed by atoms with Crippen LogP contribution in [0.15, 0.2) is 66.7 Å². The van der Waals surface area contributed by atoms with Crippen LogP contribution in [0, 0.1) is 0 Å². The van der Waals surface area contributed by atoms with Crippen molar-refractivity contribution in [3.8, 4) is 11.5 Å². The third-order valence-electron chi connectivity index (χ3n) is 5.24. The van der Waals surface area contributed by atoms with Gasteiger partial charge in [-0.15, -0.1) is 0 Å². The third-order valence-corrected chi connectivity index (χ3v) is 5.24. The third kappa shape index (κ3) is 4.96. The predicted molar refractivity (Wildman–Crippen MR) is 112 cm³/mol. The molecule has 0 bridgehead atoms. The summed E-state index contributed by atoms with van der Waals surface area (Å²) in [5.41, 5.74) is 5.33. The van der Waals surface area contributed by atoms with Crippen molar-refractivity contribution in [3.63, 3.8) is 0 Å². The first-order valence-electron chi connectivity index (χ1n) is 9.96. The van der Waals surface area contributed by atoms with E-state index in [1.165, 1.54) is 16.7 Å². The van der Waals surface area contributed by atoms with Gasteiger partial charge in [0, 0.05) is 0 Å². The van der Waals surface area contributed by atoms with E-state index in [0.717, 1.165) is 42.7 Å². The van der Waals surface area contributed by atoms with E-state index < -0.39 is 5.97 Å². The van der Waals surface area contributed by atoms with Crippen LogP contribution in [0.3, 0.4) is 0 Å². The van der Waals surface area contributed by atoms with Crippen molar-refractivity contribution < 1.29 is 19.4 Å². The Morgan fingerprint density at radius 1 is 0.655 bits per heavy atom. The van der Waals surface area contributed by atoms with E-state index in [0.29, 0.717) is 18.8 Å². The lowest BCUT2D eigenvalue weighted by atomic mass is 10.00. The summed E-state index contributed by atoms with van der Waals surface area (Å²) in [5.74, 6) is 0.797. The molecule has 3 aromatic carbocycles. The Labute approximate surface area is 170 Å². The van der Waals surface area contributed by atoms with E-state index in [-0.39, 0.29) is 0 Å². The van der Waals surface area contributed by atoms with E-state index in [9.17, 15) is 4.79 Å². The first-order valence-corrected chi connectivity index (χ1v) is 9.96. The molecule has 29 heavy (non-hydrogen) atoms. The summed E-state index contributed by atoms with van der Waals surface area (Å²) in [6, 6.07) is 22.1. The van der Waals surface area contributed by atoms with E-state index in [2.05, 4.69) is 36.4 Å². The highest BCUT2D eigenvalue weighted by molar-refractivity contribution is 5.87. The largest absolute Gasteiger partial charge is 0.486 e. The van der Waals surface area contributed by atoms with Gasteiger partial charge in [0.15, 0.2) is 11.5 Å². The first-order chi connectivity index (χ1) is 14.2. The van der Waals surface area contributed by atoms with Crippen molar-refractivity contribution in [1.29, 1.82) is 0 Å². The molecule has 1 N–H and O–H groups in total. The average Bonchev–Trinajstić information content (AvgIpc) is 2.77. The molecule has 4 heteroatoms. The number of fused-ring (bicyclic) bond motifs is 1. The summed E-state index contributed by atoms with van der Waals surface area (Å²) in [5, 5.41) is 8.97. The summed E-state index contributed by atoms with van der Waals surface area (Å²) < 4.78 is 11.2. The van der Waals surface area contributed by atoms with Crippen LogP contribution in [-0.4, -0.2) is 24.3 Å². The number of carboxylic acid groups (broad SMARTS) is 1. The molecule has 1 aliphatic heterocycles. The lowest BCUT2D eigenvalue weighted by molar-refractivity contribution is 0.0697. The second-order valence-corrected chi connectivity index (χ2v) is 7.30. The lowest BCUT2D eigenvalue weighted by Crippen LogP contribution is -2.15. The minimum atomic E-state index is -0.886. The number of aromatic carboxylic acids is 1. The van der Waals surface area contributed by atoms with Crippen LogP contribution in [0.2, 0.25) is 0 Å². The number of carboxylic acids is 1. The van der Waals surface area contributed by atoms with Gasteiger partial charge in [-0.2, -0.15) is 0 Å². The first kappa shape index (κ1) is 19.1. The standard InChI is InChI=1S/C25H24O4/c26-25(27)22-12-9-20(10-13-22)6-5-18-1-3-19(4-2-18)7-8-21-11-14-23-24(17-21)29-16-15-28-23/h1-4,9-14,17H,5-8,15-16H2,(H,26,27). The van der Waals surface area contributed by atoms with Crippen molar-refractivity contribution in [2.75, 3.05) is 13.2 Å². The van der Waals surface area contributed by atoms with Crippen molar-refractivity contribution in [3.05, 3.63) is 94.5 Å². The Balaban J connectivity index is 1.29. The number of benzene rings is 3. The number of hydrogen-bond acceptors (Lipinski definition) is 3. The van der Waals surface area contributed by atoms with Crippen LogP contribution < -0.4 is 9.47 Å². The number of ether oxygens (including phenoxy) is 2. The second-order valence-electron chi connectivity index (χ2n) is 7.30. The second kappa shape index (κ2) is 8.82. The minimum absolute atomic E-state index is 0.330. The number of carbonyl (C=O) groups is 1. The normalized spacial score (nSPS) is 12.6. The fourth-order valence-electron chi connectivity index (χ4n) is 3.51. The molecule has 0 saturated heterocycles. The van der Waals surface area contributed by atoms with Gasteiger partial charge >= 0.3 is 5.97 Å². The zero-order valence-electron chi connectivity index (χ0n) is 16.3. The molecule has 3 aromatic rings. The maximum atomic E-state index is 10.9. The SMILES string of the molecule is O=C(O)c1ccc(CCc2ccc(CCc3ccc4c(c3)OCCO4)cc2)cc1. The molecule has 0 unspecified atom stereocenters. The fourth-order valence-corrected chi connectivity index (χ4v) is 3.51. The molecule has 0 aliphatic carbocycles. The van der Waals surface area contributed by atoms with Gasteiger partial charge in [-0.3, -0.25) is 0 Å². The van der Waals surface area contributed by atoms with Crippen molar-refractivity contribution in [2.45, 2.75) is 25.7 Å².